The molecular formula is C16H13F4NO. The normalized spacial score (nSPS) is 11.3. The van der Waals surface area contributed by atoms with Crippen LogP contribution in [0.15, 0.2) is 48.5 Å². The zero-order valence-electron chi connectivity index (χ0n) is 11.7. The minimum Gasteiger partial charge on any atom is -0.309 e. The molecule has 2 rings (SSSR count). The molecule has 116 valence electrons. The number of halogens is 4. The molecule has 0 aromatic heterocycles. The Morgan fingerprint density at radius 1 is 1.05 bits per heavy atom. The molecule has 0 aliphatic rings. The standard InChI is InChI=1S/C16H13F4NO/c1-2-21(12-9-7-11(17)8-10-12)15(22)13-5-3-4-6-14(13)16(18,19)20/h3-10H,2H2,1H3. The van der Waals surface area contributed by atoms with E-state index in [1.807, 2.05) is 0 Å². The van der Waals surface area contributed by atoms with Crippen LogP contribution < -0.4 is 4.90 Å². The summed E-state index contributed by atoms with van der Waals surface area (Å²) >= 11 is 0. The molecule has 0 radical (unpaired) electrons. The van der Waals surface area contributed by atoms with E-state index in [1.54, 1.807) is 6.92 Å². The van der Waals surface area contributed by atoms with Gasteiger partial charge in [0.2, 0.25) is 0 Å². The van der Waals surface area contributed by atoms with Crippen LogP contribution in [0.2, 0.25) is 0 Å². The molecular weight excluding hydrogens is 298 g/mol. The lowest BCUT2D eigenvalue weighted by atomic mass is 10.1. The van der Waals surface area contributed by atoms with Gasteiger partial charge in [0.15, 0.2) is 0 Å². The van der Waals surface area contributed by atoms with Crippen molar-refractivity contribution in [3.8, 4) is 0 Å². The zero-order chi connectivity index (χ0) is 16.3. The van der Waals surface area contributed by atoms with E-state index in [0.717, 1.165) is 24.3 Å². The Bertz CT molecular complexity index is 665. The number of alkyl halides is 3. The third kappa shape index (κ3) is 3.27. The van der Waals surface area contributed by atoms with Crippen molar-refractivity contribution < 1.29 is 22.4 Å². The minimum absolute atomic E-state index is 0.163. The van der Waals surface area contributed by atoms with E-state index in [2.05, 4.69) is 0 Å². The second-order valence-corrected chi connectivity index (χ2v) is 4.57. The molecule has 0 aliphatic heterocycles. The highest BCUT2D eigenvalue weighted by Crippen LogP contribution is 2.33. The molecule has 22 heavy (non-hydrogen) atoms. The SMILES string of the molecule is CCN(C(=O)c1ccccc1C(F)(F)F)c1ccc(F)cc1. The van der Waals surface area contributed by atoms with Gasteiger partial charge in [0.25, 0.3) is 5.91 Å². The number of rotatable bonds is 3. The first-order valence-corrected chi connectivity index (χ1v) is 6.58. The van der Waals surface area contributed by atoms with Gasteiger partial charge in [-0.3, -0.25) is 4.79 Å². The predicted octanol–water partition coefficient (Wildman–Crippen LogP) is 4.51. The van der Waals surface area contributed by atoms with Crippen molar-refractivity contribution >= 4 is 11.6 Å². The number of carbonyl (C=O) groups is 1. The summed E-state index contributed by atoms with van der Waals surface area (Å²) in [7, 11) is 0. The fourth-order valence-electron chi connectivity index (χ4n) is 2.13. The molecule has 0 heterocycles. The largest absolute Gasteiger partial charge is 0.417 e. The van der Waals surface area contributed by atoms with Crippen LogP contribution in [0, 0.1) is 5.82 Å². The Kier molecular flexibility index (Phi) is 4.49. The smallest absolute Gasteiger partial charge is 0.309 e. The van der Waals surface area contributed by atoms with Crippen molar-refractivity contribution in [2.75, 3.05) is 11.4 Å². The third-order valence-electron chi connectivity index (χ3n) is 3.16. The first kappa shape index (κ1) is 16.0. The summed E-state index contributed by atoms with van der Waals surface area (Å²) in [5, 5.41) is 0. The van der Waals surface area contributed by atoms with Crippen molar-refractivity contribution in [2.45, 2.75) is 13.1 Å². The van der Waals surface area contributed by atoms with Crippen LogP contribution in [-0.2, 0) is 6.18 Å². The topological polar surface area (TPSA) is 20.3 Å². The number of hydrogen-bond acceptors (Lipinski definition) is 1. The highest BCUT2D eigenvalue weighted by molar-refractivity contribution is 6.07. The van der Waals surface area contributed by atoms with Gasteiger partial charge in [-0.15, -0.1) is 0 Å². The van der Waals surface area contributed by atoms with Crippen LogP contribution in [0.3, 0.4) is 0 Å². The van der Waals surface area contributed by atoms with Crippen molar-refractivity contribution in [2.24, 2.45) is 0 Å². The van der Waals surface area contributed by atoms with E-state index in [0.29, 0.717) is 5.69 Å². The summed E-state index contributed by atoms with van der Waals surface area (Å²) in [5.41, 5.74) is -1.08. The van der Waals surface area contributed by atoms with Crippen LogP contribution in [-0.4, -0.2) is 12.5 Å². The maximum atomic E-state index is 13.0. The Hall–Kier alpha value is -2.37. The molecule has 2 nitrogen and oxygen atoms in total. The number of nitrogens with zero attached hydrogens (tertiary/aromatic N) is 1. The van der Waals surface area contributed by atoms with E-state index in [9.17, 15) is 22.4 Å². The zero-order valence-corrected chi connectivity index (χ0v) is 11.7. The summed E-state index contributed by atoms with van der Waals surface area (Å²) in [6, 6.07) is 9.62. The maximum Gasteiger partial charge on any atom is 0.417 e. The van der Waals surface area contributed by atoms with Crippen LogP contribution in [0.4, 0.5) is 23.2 Å². The Balaban J connectivity index is 2.44. The van der Waals surface area contributed by atoms with E-state index in [-0.39, 0.29) is 6.54 Å². The highest BCUT2D eigenvalue weighted by Gasteiger charge is 2.35. The molecule has 0 unspecified atom stereocenters. The lowest BCUT2D eigenvalue weighted by Crippen LogP contribution is -2.32. The first-order chi connectivity index (χ1) is 10.3. The van der Waals surface area contributed by atoms with Gasteiger partial charge in [-0.2, -0.15) is 13.2 Å². The molecule has 0 N–H and O–H groups in total. The molecule has 0 spiro atoms. The van der Waals surface area contributed by atoms with Gasteiger partial charge in [0.05, 0.1) is 11.1 Å². The van der Waals surface area contributed by atoms with Crippen LogP contribution in [0.5, 0.6) is 0 Å². The average Bonchev–Trinajstić information content (AvgIpc) is 2.49. The van der Waals surface area contributed by atoms with E-state index in [4.69, 9.17) is 0 Å². The van der Waals surface area contributed by atoms with Gasteiger partial charge in [0, 0.05) is 12.2 Å². The first-order valence-electron chi connectivity index (χ1n) is 6.58. The fourth-order valence-corrected chi connectivity index (χ4v) is 2.13. The molecule has 0 saturated carbocycles. The fraction of sp³-hybridized carbons (Fsp3) is 0.188. The second-order valence-electron chi connectivity index (χ2n) is 4.57. The molecule has 0 fully saturated rings. The number of amides is 1. The quantitative estimate of drug-likeness (QED) is 0.764. The predicted molar refractivity (Wildman–Crippen MR) is 75.2 cm³/mol. The molecule has 0 bridgehead atoms. The van der Waals surface area contributed by atoms with Gasteiger partial charge < -0.3 is 4.90 Å². The van der Waals surface area contributed by atoms with E-state index < -0.39 is 29.0 Å². The summed E-state index contributed by atoms with van der Waals surface area (Å²) in [5.74, 6) is -1.26. The molecule has 0 aliphatic carbocycles. The Morgan fingerprint density at radius 2 is 1.64 bits per heavy atom. The van der Waals surface area contributed by atoms with Gasteiger partial charge in [-0.25, -0.2) is 4.39 Å². The monoisotopic (exact) mass is 311 g/mol. The maximum absolute atomic E-state index is 13.0. The lowest BCUT2D eigenvalue weighted by Gasteiger charge is -2.23. The van der Waals surface area contributed by atoms with Crippen LogP contribution in [0.25, 0.3) is 0 Å². The Morgan fingerprint density at radius 3 is 2.18 bits per heavy atom. The molecule has 0 saturated heterocycles. The summed E-state index contributed by atoms with van der Waals surface area (Å²) in [4.78, 5) is 13.6. The van der Waals surface area contributed by atoms with Gasteiger partial charge in [-0.05, 0) is 43.3 Å². The average molecular weight is 311 g/mol. The third-order valence-corrected chi connectivity index (χ3v) is 3.16. The van der Waals surface area contributed by atoms with Gasteiger partial charge in [0.1, 0.15) is 5.82 Å². The summed E-state index contributed by atoms with van der Waals surface area (Å²) < 4.78 is 52.0. The molecule has 2 aromatic rings. The number of benzene rings is 2. The summed E-state index contributed by atoms with van der Waals surface area (Å²) in [6.45, 7) is 1.80. The molecule has 0 atom stereocenters. The van der Waals surface area contributed by atoms with E-state index >= 15 is 0 Å². The van der Waals surface area contributed by atoms with Crippen molar-refractivity contribution in [1.82, 2.24) is 0 Å². The minimum atomic E-state index is -4.62. The number of hydrogen-bond donors (Lipinski definition) is 0. The second kappa shape index (κ2) is 6.17. The molecule has 1 amide bonds. The van der Waals surface area contributed by atoms with Gasteiger partial charge in [-0.1, -0.05) is 12.1 Å². The highest BCUT2D eigenvalue weighted by atomic mass is 19.4. The van der Waals surface area contributed by atoms with Crippen LogP contribution >= 0.6 is 0 Å². The lowest BCUT2D eigenvalue weighted by molar-refractivity contribution is -0.137. The molecule has 6 heteroatoms. The van der Waals surface area contributed by atoms with E-state index in [1.165, 1.54) is 29.2 Å². The molecule has 2 aromatic carbocycles. The summed E-state index contributed by atoms with van der Waals surface area (Å²) in [6.07, 6.45) is -4.62. The Labute approximate surface area is 125 Å². The van der Waals surface area contributed by atoms with Gasteiger partial charge >= 0.3 is 6.18 Å². The van der Waals surface area contributed by atoms with Crippen molar-refractivity contribution in [1.29, 1.82) is 0 Å². The van der Waals surface area contributed by atoms with Crippen molar-refractivity contribution in [3.05, 3.63) is 65.5 Å². The number of carbonyl (C=O) groups excluding carboxylic acids is 1. The number of anilines is 1. The van der Waals surface area contributed by atoms with Crippen LogP contribution in [0.1, 0.15) is 22.8 Å². The van der Waals surface area contributed by atoms with Crippen molar-refractivity contribution in [3.63, 3.8) is 0 Å².